The summed E-state index contributed by atoms with van der Waals surface area (Å²) in [5, 5.41) is 9.70. The maximum absolute atomic E-state index is 13.4. The van der Waals surface area contributed by atoms with Gasteiger partial charge in [-0.3, -0.25) is 9.48 Å². The molecule has 1 saturated heterocycles. The van der Waals surface area contributed by atoms with Crippen LogP contribution in [-0.4, -0.2) is 48.4 Å². The standard InChI is InChI=1S/C21H28N6O/c1-14(2)19-12-17(18-13-23-27(15(3)4)20(18)24-19)21(28)25-10-6-16(7-11-25)26-9-5-8-22-26/h5,8-9,12-16H,6-7,10-11H2,1-4H3. The lowest BCUT2D eigenvalue weighted by Gasteiger charge is -2.32. The molecule has 0 saturated carbocycles. The number of amides is 1. The van der Waals surface area contributed by atoms with Gasteiger partial charge in [0.05, 0.1) is 23.2 Å². The largest absolute Gasteiger partial charge is 0.338 e. The SMILES string of the molecule is CC(C)c1cc(C(=O)N2CCC(n3cccn3)CC2)c2cnn(C(C)C)c2n1. The van der Waals surface area contributed by atoms with E-state index in [1.807, 2.05) is 38.8 Å². The van der Waals surface area contributed by atoms with Crippen molar-refractivity contribution in [1.82, 2.24) is 29.4 Å². The number of pyridine rings is 1. The highest BCUT2D eigenvalue weighted by Crippen LogP contribution is 2.28. The minimum atomic E-state index is 0.0801. The van der Waals surface area contributed by atoms with Crippen molar-refractivity contribution in [3.63, 3.8) is 0 Å². The number of fused-ring (bicyclic) bond motifs is 1. The van der Waals surface area contributed by atoms with E-state index in [0.29, 0.717) is 6.04 Å². The van der Waals surface area contributed by atoms with Gasteiger partial charge in [0.2, 0.25) is 0 Å². The highest BCUT2D eigenvalue weighted by molar-refractivity contribution is 6.05. The van der Waals surface area contributed by atoms with E-state index >= 15 is 0 Å². The normalized spacial score (nSPS) is 15.9. The lowest BCUT2D eigenvalue weighted by atomic mass is 10.0. The van der Waals surface area contributed by atoms with Gasteiger partial charge in [0.15, 0.2) is 5.65 Å². The molecule has 1 aliphatic rings. The molecular formula is C21H28N6O. The third-order valence-corrected chi connectivity index (χ3v) is 5.55. The highest BCUT2D eigenvalue weighted by Gasteiger charge is 2.27. The molecule has 7 nitrogen and oxygen atoms in total. The topological polar surface area (TPSA) is 68.8 Å². The molecular weight excluding hydrogens is 352 g/mol. The van der Waals surface area contributed by atoms with Crippen LogP contribution in [0.1, 0.15) is 74.6 Å². The van der Waals surface area contributed by atoms with E-state index in [-0.39, 0.29) is 17.9 Å². The Hall–Kier alpha value is -2.70. The van der Waals surface area contributed by atoms with Crippen LogP contribution in [0.25, 0.3) is 11.0 Å². The number of piperidine rings is 1. The van der Waals surface area contributed by atoms with Crippen molar-refractivity contribution in [2.45, 2.75) is 58.5 Å². The zero-order chi connectivity index (χ0) is 19.8. The second-order valence-corrected chi connectivity index (χ2v) is 8.18. The van der Waals surface area contributed by atoms with E-state index in [1.54, 1.807) is 6.20 Å². The lowest BCUT2D eigenvalue weighted by molar-refractivity contribution is 0.0691. The van der Waals surface area contributed by atoms with E-state index in [0.717, 1.165) is 48.2 Å². The van der Waals surface area contributed by atoms with Gasteiger partial charge in [-0.15, -0.1) is 0 Å². The zero-order valence-corrected chi connectivity index (χ0v) is 17.0. The van der Waals surface area contributed by atoms with Gasteiger partial charge in [-0.1, -0.05) is 13.8 Å². The van der Waals surface area contributed by atoms with Crippen LogP contribution in [0.3, 0.4) is 0 Å². The molecule has 1 aliphatic heterocycles. The molecule has 3 aromatic heterocycles. The van der Waals surface area contributed by atoms with Crippen molar-refractivity contribution < 1.29 is 4.79 Å². The quantitative estimate of drug-likeness (QED) is 0.690. The number of rotatable bonds is 4. The van der Waals surface area contributed by atoms with Crippen LogP contribution in [0.15, 0.2) is 30.7 Å². The second-order valence-electron chi connectivity index (χ2n) is 8.18. The Balaban J connectivity index is 1.64. The third-order valence-electron chi connectivity index (χ3n) is 5.55. The fourth-order valence-corrected chi connectivity index (χ4v) is 3.89. The summed E-state index contributed by atoms with van der Waals surface area (Å²) < 4.78 is 3.91. The van der Waals surface area contributed by atoms with Gasteiger partial charge in [-0.2, -0.15) is 10.2 Å². The average Bonchev–Trinajstić information content (AvgIpc) is 3.36. The number of carbonyl (C=O) groups excluding carboxylic acids is 1. The summed E-state index contributed by atoms with van der Waals surface area (Å²) in [7, 11) is 0. The molecule has 0 aliphatic carbocycles. The average molecular weight is 380 g/mol. The van der Waals surface area contributed by atoms with Crippen molar-refractivity contribution in [2.75, 3.05) is 13.1 Å². The summed E-state index contributed by atoms with van der Waals surface area (Å²) in [5.41, 5.74) is 2.46. The lowest BCUT2D eigenvalue weighted by Crippen LogP contribution is -2.39. The molecule has 0 N–H and O–H groups in total. The van der Waals surface area contributed by atoms with Gasteiger partial charge in [-0.05, 0) is 44.7 Å². The van der Waals surface area contributed by atoms with Crippen molar-refractivity contribution in [2.24, 2.45) is 0 Å². The first-order chi connectivity index (χ1) is 13.5. The predicted molar refractivity (Wildman–Crippen MR) is 108 cm³/mol. The molecule has 0 unspecified atom stereocenters. The Morgan fingerprint density at radius 2 is 1.89 bits per heavy atom. The van der Waals surface area contributed by atoms with Crippen molar-refractivity contribution in [1.29, 1.82) is 0 Å². The monoisotopic (exact) mass is 380 g/mol. The second kappa shape index (κ2) is 7.37. The minimum Gasteiger partial charge on any atom is -0.338 e. The van der Waals surface area contributed by atoms with Crippen LogP contribution in [0.5, 0.6) is 0 Å². The van der Waals surface area contributed by atoms with E-state index < -0.39 is 0 Å². The fraction of sp³-hybridized carbons (Fsp3) is 0.524. The van der Waals surface area contributed by atoms with E-state index in [4.69, 9.17) is 4.98 Å². The molecule has 0 spiro atoms. The Morgan fingerprint density at radius 1 is 1.14 bits per heavy atom. The van der Waals surface area contributed by atoms with Gasteiger partial charge < -0.3 is 4.90 Å². The molecule has 0 aromatic carbocycles. The molecule has 7 heteroatoms. The Labute approximate surface area is 165 Å². The van der Waals surface area contributed by atoms with Gasteiger partial charge in [0.25, 0.3) is 5.91 Å². The molecule has 0 bridgehead atoms. The number of hydrogen-bond acceptors (Lipinski definition) is 4. The van der Waals surface area contributed by atoms with Gasteiger partial charge >= 0.3 is 0 Å². The minimum absolute atomic E-state index is 0.0801. The first kappa shape index (κ1) is 18.7. The van der Waals surface area contributed by atoms with Crippen LogP contribution in [0, 0.1) is 0 Å². The molecule has 0 atom stereocenters. The van der Waals surface area contributed by atoms with Crippen molar-refractivity contribution in [3.05, 3.63) is 42.0 Å². The van der Waals surface area contributed by atoms with Crippen molar-refractivity contribution in [3.8, 4) is 0 Å². The molecule has 3 aromatic rings. The Morgan fingerprint density at radius 3 is 2.50 bits per heavy atom. The zero-order valence-electron chi connectivity index (χ0n) is 17.0. The number of likely N-dealkylation sites (tertiary alicyclic amines) is 1. The first-order valence-corrected chi connectivity index (χ1v) is 10.1. The van der Waals surface area contributed by atoms with Crippen LogP contribution in [0.2, 0.25) is 0 Å². The van der Waals surface area contributed by atoms with Crippen LogP contribution >= 0.6 is 0 Å². The maximum Gasteiger partial charge on any atom is 0.254 e. The third kappa shape index (κ3) is 3.30. The molecule has 1 amide bonds. The number of aromatic nitrogens is 5. The molecule has 28 heavy (non-hydrogen) atoms. The summed E-state index contributed by atoms with van der Waals surface area (Å²) in [6, 6.07) is 4.47. The van der Waals surface area contributed by atoms with Gasteiger partial charge in [0, 0.05) is 37.2 Å². The molecule has 4 rings (SSSR count). The number of carbonyl (C=O) groups is 1. The summed E-state index contributed by atoms with van der Waals surface area (Å²) in [6.07, 6.45) is 7.44. The Bertz CT molecular complexity index is 964. The first-order valence-electron chi connectivity index (χ1n) is 10.1. The summed E-state index contributed by atoms with van der Waals surface area (Å²) in [5.74, 6) is 0.327. The smallest absolute Gasteiger partial charge is 0.254 e. The molecule has 0 radical (unpaired) electrons. The number of nitrogens with zero attached hydrogens (tertiary/aromatic N) is 6. The van der Waals surface area contributed by atoms with Crippen LogP contribution < -0.4 is 0 Å². The van der Waals surface area contributed by atoms with Gasteiger partial charge in [-0.25, -0.2) is 9.67 Å². The Kier molecular flexibility index (Phi) is 4.91. The molecule has 4 heterocycles. The van der Waals surface area contributed by atoms with Crippen LogP contribution in [0.4, 0.5) is 0 Å². The number of hydrogen-bond donors (Lipinski definition) is 0. The fourth-order valence-electron chi connectivity index (χ4n) is 3.89. The van der Waals surface area contributed by atoms with E-state index in [1.165, 1.54) is 0 Å². The molecule has 1 fully saturated rings. The van der Waals surface area contributed by atoms with E-state index in [9.17, 15) is 4.79 Å². The van der Waals surface area contributed by atoms with E-state index in [2.05, 4.69) is 37.9 Å². The summed E-state index contributed by atoms with van der Waals surface area (Å²) in [6.45, 7) is 9.85. The maximum atomic E-state index is 13.4. The van der Waals surface area contributed by atoms with Crippen LogP contribution in [-0.2, 0) is 0 Å². The molecule has 148 valence electrons. The predicted octanol–water partition coefficient (Wildman–Crippen LogP) is 3.81. The highest BCUT2D eigenvalue weighted by atomic mass is 16.2. The van der Waals surface area contributed by atoms with Gasteiger partial charge in [0.1, 0.15) is 0 Å². The van der Waals surface area contributed by atoms with Crippen molar-refractivity contribution >= 4 is 16.9 Å². The summed E-state index contributed by atoms with van der Waals surface area (Å²) >= 11 is 0. The summed E-state index contributed by atoms with van der Waals surface area (Å²) in [4.78, 5) is 20.2.